The molecule has 0 aliphatic carbocycles. The first-order valence-corrected chi connectivity index (χ1v) is 6.78. The monoisotopic (exact) mass is 291 g/mol. The number of aromatic nitrogens is 3. The standard InChI is InChI=1S/C13H14ClN5O/c14-10-3-1-2-4-12(10)18-5-7-19(8-6-18)13(20)11-9-15-17-16-11/h1-4,9H,5-8H2,(H,15,16,17). The zero-order chi connectivity index (χ0) is 13.9. The molecule has 0 spiro atoms. The summed E-state index contributed by atoms with van der Waals surface area (Å²) in [6.45, 7) is 2.81. The quantitative estimate of drug-likeness (QED) is 0.909. The highest BCUT2D eigenvalue weighted by molar-refractivity contribution is 6.33. The number of rotatable bonds is 2. The van der Waals surface area contributed by atoms with Crippen LogP contribution in [0.1, 0.15) is 10.5 Å². The van der Waals surface area contributed by atoms with Crippen LogP contribution in [0.15, 0.2) is 30.5 Å². The van der Waals surface area contributed by atoms with E-state index < -0.39 is 0 Å². The van der Waals surface area contributed by atoms with Crippen LogP contribution in [0.5, 0.6) is 0 Å². The van der Waals surface area contributed by atoms with Gasteiger partial charge in [0.05, 0.1) is 16.9 Å². The number of carbonyl (C=O) groups is 1. The Kier molecular flexibility index (Phi) is 3.56. The second-order valence-corrected chi connectivity index (χ2v) is 4.99. The van der Waals surface area contributed by atoms with Crippen LogP contribution in [0.2, 0.25) is 5.02 Å². The molecule has 0 atom stereocenters. The lowest BCUT2D eigenvalue weighted by molar-refractivity contribution is 0.0741. The van der Waals surface area contributed by atoms with Crippen LogP contribution in [-0.2, 0) is 0 Å². The predicted molar refractivity (Wildman–Crippen MR) is 76.0 cm³/mol. The Labute approximate surface area is 121 Å². The minimum absolute atomic E-state index is 0.0856. The van der Waals surface area contributed by atoms with Gasteiger partial charge in [0.25, 0.3) is 5.91 Å². The molecule has 1 fully saturated rings. The van der Waals surface area contributed by atoms with Crippen LogP contribution >= 0.6 is 11.6 Å². The number of hydrogen-bond acceptors (Lipinski definition) is 4. The van der Waals surface area contributed by atoms with E-state index >= 15 is 0 Å². The van der Waals surface area contributed by atoms with Crippen molar-refractivity contribution in [1.29, 1.82) is 0 Å². The van der Waals surface area contributed by atoms with Gasteiger partial charge in [-0.05, 0) is 12.1 Å². The van der Waals surface area contributed by atoms with Gasteiger partial charge in [-0.2, -0.15) is 15.4 Å². The summed E-state index contributed by atoms with van der Waals surface area (Å²) in [6.07, 6.45) is 1.45. The van der Waals surface area contributed by atoms with E-state index in [4.69, 9.17) is 11.6 Å². The zero-order valence-corrected chi connectivity index (χ0v) is 11.5. The maximum atomic E-state index is 12.1. The van der Waals surface area contributed by atoms with Crippen LogP contribution in [0.3, 0.4) is 0 Å². The van der Waals surface area contributed by atoms with Crippen LogP contribution in [0.4, 0.5) is 5.69 Å². The number of hydrogen-bond donors (Lipinski definition) is 1. The average Bonchev–Trinajstić information content (AvgIpc) is 3.01. The highest BCUT2D eigenvalue weighted by atomic mass is 35.5. The van der Waals surface area contributed by atoms with Gasteiger partial charge >= 0.3 is 0 Å². The summed E-state index contributed by atoms with van der Waals surface area (Å²) < 4.78 is 0. The normalized spacial score (nSPS) is 15.4. The van der Waals surface area contributed by atoms with Gasteiger partial charge in [0.15, 0.2) is 5.69 Å². The van der Waals surface area contributed by atoms with E-state index in [1.807, 2.05) is 24.3 Å². The van der Waals surface area contributed by atoms with E-state index in [-0.39, 0.29) is 5.91 Å². The molecule has 0 unspecified atom stereocenters. The molecule has 1 aliphatic heterocycles. The van der Waals surface area contributed by atoms with Crippen LogP contribution in [0.25, 0.3) is 0 Å². The number of nitrogens with zero attached hydrogens (tertiary/aromatic N) is 4. The van der Waals surface area contributed by atoms with E-state index in [1.54, 1.807) is 4.90 Å². The van der Waals surface area contributed by atoms with Gasteiger partial charge in [-0.25, -0.2) is 0 Å². The number of H-pyrrole nitrogens is 1. The molecule has 1 N–H and O–H groups in total. The molecule has 1 aliphatic rings. The van der Waals surface area contributed by atoms with Gasteiger partial charge in [-0.15, -0.1) is 0 Å². The number of benzene rings is 1. The summed E-state index contributed by atoms with van der Waals surface area (Å²) in [5.41, 5.74) is 1.37. The number of anilines is 1. The molecule has 0 saturated carbocycles. The zero-order valence-electron chi connectivity index (χ0n) is 10.8. The maximum absolute atomic E-state index is 12.1. The average molecular weight is 292 g/mol. The first kappa shape index (κ1) is 12.9. The van der Waals surface area contributed by atoms with Crippen molar-refractivity contribution in [1.82, 2.24) is 20.3 Å². The number of piperazine rings is 1. The number of halogens is 1. The predicted octanol–water partition coefficient (Wildman–Crippen LogP) is 1.42. The molecular weight excluding hydrogens is 278 g/mol. The van der Waals surface area contributed by atoms with E-state index in [2.05, 4.69) is 20.3 Å². The summed E-state index contributed by atoms with van der Waals surface area (Å²) in [7, 11) is 0. The molecule has 7 heteroatoms. The minimum atomic E-state index is -0.0856. The van der Waals surface area contributed by atoms with Crippen molar-refractivity contribution in [2.24, 2.45) is 0 Å². The molecule has 2 aromatic rings. The molecule has 3 rings (SSSR count). The number of nitrogens with one attached hydrogen (secondary N) is 1. The van der Waals surface area contributed by atoms with Crippen LogP contribution < -0.4 is 4.90 Å². The van der Waals surface area contributed by atoms with E-state index in [9.17, 15) is 4.79 Å². The van der Waals surface area contributed by atoms with Crippen LogP contribution in [0, 0.1) is 0 Å². The maximum Gasteiger partial charge on any atom is 0.276 e. The largest absolute Gasteiger partial charge is 0.367 e. The number of aromatic amines is 1. The second-order valence-electron chi connectivity index (χ2n) is 4.59. The smallest absolute Gasteiger partial charge is 0.276 e. The Bertz CT molecular complexity index is 593. The number of para-hydroxylation sites is 1. The molecule has 6 nitrogen and oxygen atoms in total. The lowest BCUT2D eigenvalue weighted by Crippen LogP contribution is -2.49. The first-order chi connectivity index (χ1) is 9.75. The number of carbonyl (C=O) groups excluding carboxylic acids is 1. The van der Waals surface area contributed by atoms with E-state index in [0.717, 1.165) is 23.8 Å². The van der Waals surface area contributed by atoms with Gasteiger partial charge in [-0.3, -0.25) is 4.79 Å². The Morgan fingerprint density at radius 1 is 1.20 bits per heavy atom. The van der Waals surface area contributed by atoms with Gasteiger partial charge < -0.3 is 9.80 Å². The van der Waals surface area contributed by atoms with E-state index in [0.29, 0.717) is 18.8 Å². The second kappa shape index (κ2) is 5.50. The van der Waals surface area contributed by atoms with Crippen molar-refractivity contribution in [3.63, 3.8) is 0 Å². The molecular formula is C13H14ClN5O. The summed E-state index contributed by atoms with van der Waals surface area (Å²) in [5, 5.41) is 10.7. The van der Waals surface area contributed by atoms with E-state index in [1.165, 1.54) is 6.20 Å². The summed E-state index contributed by atoms with van der Waals surface area (Å²) in [5.74, 6) is -0.0856. The third kappa shape index (κ3) is 2.46. The fourth-order valence-electron chi connectivity index (χ4n) is 2.33. The van der Waals surface area contributed by atoms with Gasteiger partial charge in [0.1, 0.15) is 0 Å². The number of amides is 1. The lowest BCUT2D eigenvalue weighted by atomic mass is 10.2. The molecule has 1 saturated heterocycles. The fourth-order valence-corrected chi connectivity index (χ4v) is 2.58. The molecule has 1 amide bonds. The highest BCUT2D eigenvalue weighted by Gasteiger charge is 2.24. The third-order valence-corrected chi connectivity index (χ3v) is 3.71. The van der Waals surface area contributed by atoms with Crippen molar-refractivity contribution in [3.05, 3.63) is 41.2 Å². The van der Waals surface area contributed by atoms with Gasteiger partial charge in [0.2, 0.25) is 0 Å². The first-order valence-electron chi connectivity index (χ1n) is 6.40. The summed E-state index contributed by atoms with van der Waals surface area (Å²) >= 11 is 6.19. The van der Waals surface area contributed by atoms with Crippen LogP contribution in [-0.4, -0.2) is 52.4 Å². The molecule has 2 heterocycles. The van der Waals surface area contributed by atoms with Crippen molar-refractivity contribution in [2.75, 3.05) is 31.1 Å². The highest BCUT2D eigenvalue weighted by Crippen LogP contribution is 2.26. The van der Waals surface area contributed by atoms with Gasteiger partial charge in [-0.1, -0.05) is 23.7 Å². The molecule has 1 aromatic heterocycles. The molecule has 0 bridgehead atoms. The Morgan fingerprint density at radius 2 is 1.95 bits per heavy atom. The Balaban J connectivity index is 1.65. The summed E-state index contributed by atoms with van der Waals surface area (Å²) in [6, 6.07) is 7.76. The Morgan fingerprint density at radius 3 is 2.60 bits per heavy atom. The molecule has 104 valence electrons. The Hall–Kier alpha value is -2.08. The molecule has 20 heavy (non-hydrogen) atoms. The van der Waals surface area contributed by atoms with Crippen molar-refractivity contribution in [3.8, 4) is 0 Å². The minimum Gasteiger partial charge on any atom is -0.367 e. The topological polar surface area (TPSA) is 65.1 Å². The molecule has 1 aromatic carbocycles. The fraction of sp³-hybridized carbons (Fsp3) is 0.308. The van der Waals surface area contributed by atoms with Gasteiger partial charge in [0, 0.05) is 26.2 Å². The third-order valence-electron chi connectivity index (χ3n) is 3.39. The van der Waals surface area contributed by atoms with Crippen molar-refractivity contribution >= 4 is 23.2 Å². The SMILES string of the molecule is O=C(c1cn[nH]n1)N1CCN(c2ccccc2Cl)CC1. The molecule has 0 radical (unpaired) electrons. The van der Waals surface area contributed by atoms with Crippen molar-refractivity contribution < 1.29 is 4.79 Å². The lowest BCUT2D eigenvalue weighted by Gasteiger charge is -2.36. The van der Waals surface area contributed by atoms with Crippen molar-refractivity contribution in [2.45, 2.75) is 0 Å². The summed E-state index contributed by atoms with van der Waals surface area (Å²) in [4.78, 5) is 16.1.